The molecule has 0 aliphatic heterocycles. The number of rotatable bonds is 3. The molecule has 0 unspecified atom stereocenters. The lowest BCUT2D eigenvalue weighted by Crippen LogP contribution is -2.03. The van der Waals surface area contributed by atoms with Crippen molar-refractivity contribution in [3.63, 3.8) is 0 Å². The van der Waals surface area contributed by atoms with Gasteiger partial charge in [-0.3, -0.25) is 4.68 Å². The van der Waals surface area contributed by atoms with Crippen molar-refractivity contribution in [2.45, 2.75) is 6.54 Å². The lowest BCUT2D eigenvalue weighted by Gasteiger charge is -2.07. The Hall–Kier alpha value is -2.14. The van der Waals surface area contributed by atoms with E-state index in [4.69, 9.17) is 11.6 Å². The first kappa shape index (κ1) is 11.9. The lowest BCUT2D eigenvalue weighted by atomic mass is 10.2. The normalized spacial score (nSPS) is 10.8. The Labute approximate surface area is 115 Å². The van der Waals surface area contributed by atoms with Crippen LogP contribution < -0.4 is 5.32 Å². The van der Waals surface area contributed by atoms with Crippen LogP contribution in [0.2, 0.25) is 5.28 Å². The van der Waals surface area contributed by atoms with Crippen molar-refractivity contribution in [3.8, 4) is 0 Å². The highest BCUT2D eigenvalue weighted by atomic mass is 35.5. The van der Waals surface area contributed by atoms with Gasteiger partial charge in [0.1, 0.15) is 5.82 Å². The smallest absolute Gasteiger partial charge is 0.226 e. The maximum atomic E-state index is 5.93. The predicted molar refractivity (Wildman–Crippen MR) is 75.1 cm³/mol. The third-order valence-corrected chi connectivity index (χ3v) is 3.04. The molecule has 19 heavy (non-hydrogen) atoms. The summed E-state index contributed by atoms with van der Waals surface area (Å²) in [5.41, 5.74) is 1.89. The molecule has 96 valence electrons. The van der Waals surface area contributed by atoms with Crippen molar-refractivity contribution >= 4 is 28.5 Å². The van der Waals surface area contributed by atoms with Crippen molar-refractivity contribution in [2.75, 3.05) is 5.32 Å². The fourth-order valence-corrected chi connectivity index (χ4v) is 2.08. The second-order valence-corrected chi connectivity index (χ2v) is 4.52. The van der Waals surface area contributed by atoms with E-state index in [1.807, 2.05) is 25.2 Å². The summed E-state index contributed by atoms with van der Waals surface area (Å²) < 4.78 is 1.68. The molecule has 6 heteroatoms. The first-order chi connectivity index (χ1) is 9.24. The summed E-state index contributed by atoms with van der Waals surface area (Å²) >= 11 is 5.93. The van der Waals surface area contributed by atoms with E-state index in [0.717, 1.165) is 11.0 Å². The maximum absolute atomic E-state index is 5.93. The molecular formula is C13H12ClN5. The summed E-state index contributed by atoms with van der Waals surface area (Å²) in [6.07, 6.45) is 1.74. The first-order valence-electron chi connectivity index (χ1n) is 5.87. The van der Waals surface area contributed by atoms with Crippen molar-refractivity contribution in [1.82, 2.24) is 19.7 Å². The number of aryl methyl sites for hydroxylation is 1. The average Bonchev–Trinajstić information content (AvgIpc) is 2.79. The van der Waals surface area contributed by atoms with E-state index >= 15 is 0 Å². The molecule has 3 rings (SSSR count). The number of nitrogens with one attached hydrogen (secondary N) is 1. The van der Waals surface area contributed by atoms with Gasteiger partial charge in [-0.15, -0.1) is 0 Å². The lowest BCUT2D eigenvalue weighted by molar-refractivity contribution is 0.785. The zero-order chi connectivity index (χ0) is 13.2. The van der Waals surface area contributed by atoms with Gasteiger partial charge in [0.25, 0.3) is 0 Å². The second-order valence-electron chi connectivity index (χ2n) is 4.19. The number of halogens is 1. The molecule has 0 radical (unpaired) electrons. The molecular weight excluding hydrogens is 262 g/mol. The zero-order valence-corrected chi connectivity index (χ0v) is 11.1. The Morgan fingerprint density at radius 2 is 2.00 bits per heavy atom. The van der Waals surface area contributed by atoms with E-state index < -0.39 is 0 Å². The highest BCUT2D eigenvalue weighted by Gasteiger charge is 2.10. The van der Waals surface area contributed by atoms with Gasteiger partial charge in [0, 0.05) is 13.6 Å². The molecule has 0 aliphatic rings. The van der Waals surface area contributed by atoms with Crippen LogP contribution in [0.4, 0.5) is 5.82 Å². The SMILES string of the molecule is Cn1ncc2c(NCc3ccccc3)nc(Cl)nc21. The van der Waals surface area contributed by atoms with Crippen LogP contribution in [-0.2, 0) is 13.6 Å². The van der Waals surface area contributed by atoms with Gasteiger partial charge in [0.2, 0.25) is 5.28 Å². The highest BCUT2D eigenvalue weighted by Crippen LogP contribution is 2.21. The van der Waals surface area contributed by atoms with Crippen LogP contribution in [0.25, 0.3) is 11.0 Å². The fraction of sp³-hybridized carbons (Fsp3) is 0.154. The molecule has 0 saturated heterocycles. The Balaban J connectivity index is 1.92. The van der Waals surface area contributed by atoms with Crippen molar-refractivity contribution < 1.29 is 0 Å². The molecule has 5 nitrogen and oxygen atoms in total. The quantitative estimate of drug-likeness (QED) is 0.746. The first-order valence-corrected chi connectivity index (χ1v) is 6.25. The number of hydrogen-bond acceptors (Lipinski definition) is 4. The third kappa shape index (κ3) is 2.37. The fourth-order valence-electron chi connectivity index (χ4n) is 1.91. The number of nitrogens with zero attached hydrogens (tertiary/aromatic N) is 4. The average molecular weight is 274 g/mol. The van der Waals surface area contributed by atoms with E-state index in [2.05, 4.69) is 32.5 Å². The van der Waals surface area contributed by atoms with E-state index in [-0.39, 0.29) is 5.28 Å². The van der Waals surface area contributed by atoms with Crippen LogP contribution in [0.15, 0.2) is 36.5 Å². The van der Waals surface area contributed by atoms with Crippen LogP contribution >= 0.6 is 11.6 Å². The van der Waals surface area contributed by atoms with Gasteiger partial charge in [-0.1, -0.05) is 30.3 Å². The molecule has 0 amide bonds. The number of anilines is 1. The van der Waals surface area contributed by atoms with E-state index in [1.54, 1.807) is 10.9 Å². The molecule has 3 aromatic rings. The molecule has 2 heterocycles. The topological polar surface area (TPSA) is 55.6 Å². The molecule has 0 spiro atoms. The maximum Gasteiger partial charge on any atom is 0.226 e. The summed E-state index contributed by atoms with van der Waals surface area (Å²) in [5, 5.41) is 8.52. The molecule has 2 aromatic heterocycles. The van der Waals surface area contributed by atoms with Gasteiger partial charge < -0.3 is 5.32 Å². The van der Waals surface area contributed by atoms with E-state index in [1.165, 1.54) is 5.56 Å². The van der Waals surface area contributed by atoms with Gasteiger partial charge in [-0.2, -0.15) is 15.1 Å². The summed E-state index contributed by atoms with van der Waals surface area (Å²) in [6.45, 7) is 0.679. The molecule has 0 fully saturated rings. The number of hydrogen-bond donors (Lipinski definition) is 1. The molecule has 0 bridgehead atoms. The largest absolute Gasteiger partial charge is 0.365 e. The standard InChI is InChI=1S/C13H12ClN5/c1-19-12-10(8-16-19)11(17-13(14)18-12)15-7-9-5-3-2-4-6-9/h2-6,8H,7H2,1H3,(H,15,17,18). The molecule has 1 N–H and O–H groups in total. The minimum atomic E-state index is 0.215. The van der Waals surface area contributed by atoms with Crippen molar-refractivity contribution in [1.29, 1.82) is 0 Å². The van der Waals surface area contributed by atoms with Gasteiger partial charge in [0.15, 0.2) is 5.65 Å². The van der Waals surface area contributed by atoms with Crippen molar-refractivity contribution in [2.24, 2.45) is 7.05 Å². The summed E-state index contributed by atoms with van der Waals surface area (Å²) in [7, 11) is 1.83. The van der Waals surface area contributed by atoms with Crippen LogP contribution in [-0.4, -0.2) is 19.7 Å². The van der Waals surface area contributed by atoms with Gasteiger partial charge in [-0.05, 0) is 17.2 Å². The minimum absolute atomic E-state index is 0.215. The summed E-state index contributed by atoms with van der Waals surface area (Å²) in [5.74, 6) is 0.701. The number of fused-ring (bicyclic) bond motifs is 1. The van der Waals surface area contributed by atoms with Crippen LogP contribution in [0, 0.1) is 0 Å². The predicted octanol–water partition coefficient (Wildman–Crippen LogP) is 2.63. The number of aromatic nitrogens is 4. The second kappa shape index (κ2) is 4.85. The van der Waals surface area contributed by atoms with E-state index in [0.29, 0.717) is 12.4 Å². The van der Waals surface area contributed by atoms with E-state index in [9.17, 15) is 0 Å². The number of benzene rings is 1. The Bertz CT molecular complexity index is 708. The Morgan fingerprint density at radius 3 is 2.79 bits per heavy atom. The zero-order valence-electron chi connectivity index (χ0n) is 10.3. The van der Waals surface area contributed by atoms with Crippen LogP contribution in [0.5, 0.6) is 0 Å². The third-order valence-electron chi connectivity index (χ3n) is 2.87. The van der Waals surface area contributed by atoms with Crippen LogP contribution in [0.3, 0.4) is 0 Å². The van der Waals surface area contributed by atoms with Gasteiger partial charge in [0.05, 0.1) is 11.6 Å². The van der Waals surface area contributed by atoms with Gasteiger partial charge in [-0.25, -0.2) is 0 Å². The Morgan fingerprint density at radius 1 is 1.21 bits per heavy atom. The molecule has 0 saturated carbocycles. The summed E-state index contributed by atoms with van der Waals surface area (Å²) in [6, 6.07) is 10.1. The summed E-state index contributed by atoms with van der Waals surface area (Å²) in [4.78, 5) is 8.39. The van der Waals surface area contributed by atoms with Crippen molar-refractivity contribution in [3.05, 3.63) is 47.4 Å². The highest BCUT2D eigenvalue weighted by molar-refractivity contribution is 6.28. The van der Waals surface area contributed by atoms with Crippen LogP contribution in [0.1, 0.15) is 5.56 Å². The molecule has 0 atom stereocenters. The molecule has 0 aliphatic carbocycles. The molecule has 1 aromatic carbocycles. The minimum Gasteiger partial charge on any atom is -0.365 e. The monoisotopic (exact) mass is 273 g/mol. The Kier molecular flexibility index (Phi) is 3.05. The van der Waals surface area contributed by atoms with Gasteiger partial charge >= 0.3 is 0 Å².